The summed E-state index contributed by atoms with van der Waals surface area (Å²) in [5.74, 6) is -1.51. The maximum Gasteiger partial charge on any atom is 0.224 e. The topological polar surface area (TPSA) is 55.1 Å². The van der Waals surface area contributed by atoms with Crippen LogP contribution in [0.15, 0.2) is 18.2 Å². The molecule has 1 amide bonds. The van der Waals surface area contributed by atoms with E-state index in [1.807, 2.05) is 0 Å². The van der Waals surface area contributed by atoms with Crippen molar-refractivity contribution < 1.29 is 13.6 Å². The molecule has 0 aromatic heterocycles. The molecule has 16 heavy (non-hydrogen) atoms. The summed E-state index contributed by atoms with van der Waals surface area (Å²) in [5.41, 5.74) is 5.22. The van der Waals surface area contributed by atoms with Crippen molar-refractivity contribution >= 4 is 18.3 Å². The Hall–Kier alpha value is -1.20. The minimum atomic E-state index is -0.584. The Morgan fingerprint density at radius 3 is 2.69 bits per heavy atom. The quantitative estimate of drug-likeness (QED) is 0.838. The Kier molecular flexibility index (Phi) is 6.60. The molecule has 3 N–H and O–H groups in total. The van der Waals surface area contributed by atoms with Crippen LogP contribution in [0.1, 0.15) is 5.56 Å². The van der Waals surface area contributed by atoms with Gasteiger partial charge in [-0.15, -0.1) is 12.4 Å². The van der Waals surface area contributed by atoms with Crippen LogP contribution in [0.5, 0.6) is 0 Å². The normalized spacial score (nSPS) is 9.44. The first-order valence-electron chi connectivity index (χ1n) is 4.54. The summed E-state index contributed by atoms with van der Waals surface area (Å²) in [6, 6.07) is 3.02. The van der Waals surface area contributed by atoms with Crippen LogP contribution < -0.4 is 11.1 Å². The molecule has 0 saturated carbocycles. The molecule has 0 radical (unpaired) electrons. The van der Waals surface area contributed by atoms with Crippen LogP contribution in [-0.4, -0.2) is 19.0 Å². The van der Waals surface area contributed by atoms with Gasteiger partial charge in [-0.1, -0.05) is 0 Å². The predicted octanol–water partition coefficient (Wildman–Crippen LogP) is 1.00. The van der Waals surface area contributed by atoms with Crippen LogP contribution in [0.2, 0.25) is 0 Å². The molecule has 1 aromatic rings. The monoisotopic (exact) mass is 250 g/mol. The molecule has 90 valence electrons. The van der Waals surface area contributed by atoms with E-state index >= 15 is 0 Å². The van der Waals surface area contributed by atoms with Gasteiger partial charge in [-0.3, -0.25) is 4.79 Å². The first kappa shape index (κ1) is 14.8. The Labute approximate surface area is 98.4 Å². The second-order valence-corrected chi connectivity index (χ2v) is 3.05. The molecule has 0 bridgehead atoms. The Bertz CT molecular complexity index is 361. The molecule has 1 rings (SSSR count). The molecule has 0 aliphatic rings. The number of hydrogen-bond donors (Lipinski definition) is 2. The molecule has 3 nitrogen and oxygen atoms in total. The molecular formula is C10H13ClF2N2O. The minimum absolute atomic E-state index is 0. The fourth-order valence-corrected chi connectivity index (χ4v) is 1.13. The average Bonchev–Trinajstić information content (AvgIpc) is 2.20. The van der Waals surface area contributed by atoms with Crippen molar-refractivity contribution in [1.82, 2.24) is 5.32 Å². The van der Waals surface area contributed by atoms with Crippen molar-refractivity contribution in [2.75, 3.05) is 13.1 Å². The Balaban J connectivity index is 0.00000225. The van der Waals surface area contributed by atoms with E-state index in [9.17, 15) is 13.6 Å². The van der Waals surface area contributed by atoms with E-state index in [1.54, 1.807) is 0 Å². The molecule has 0 fully saturated rings. The van der Waals surface area contributed by atoms with E-state index in [4.69, 9.17) is 5.73 Å². The summed E-state index contributed by atoms with van der Waals surface area (Å²) < 4.78 is 25.8. The molecule has 0 atom stereocenters. The average molecular weight is 251 g/mol. The summed E-state index contributed by atoms with van der Waals surface area (Å²) >= 11 is 0. The minimum Gasteiger partial charge on any atom is -0.355 e. The van der Waals surface area contributed by atoms with E-state index in [1.165, 1.54) is 0 Å². The lowest BCUT2D eigenvalue weighted by atomic mass is 10.1. The molecule has 1 aromatic carbocycles. The van der Waals surface area contributed by atoms with Crippen molar-refractivity contribution in [2.24, 2.45) is 5.73 Å². The third-order valence-corrected chi connectivity index (χ3v) is 1.83. The standard InChI is InChI=1S/C10H12F2N2O.ClH/c11-8-1-2-9(12)7(5-8)6-10(15)14-4-3-13;/h1-2,5H,3-4,6,13H2,(H,14,15);1H. The summed E-state index contributed by atoms with van der Waals surface area (Å²) in [5, 5.41) is 2.47. The number of nitrogens with one attached hydrogen (secondary N) is 1. The number of nitrogens with two attached hydrogens (primary N) is 1. The number of halogens is 3. The van der Waals surface area contributed by atoms with Gasteiger partial charge in [0.15, 0.2) is 0 Å². The van der Waals surface area contributed by atoms with Crippen molar-refractivity contribution in [3.63, 3.8) is 0 Å². The first-order valence-corrected chi connectivity index (χ1v) is 4.54. The predicted molar refractivity (Wildman–Crippen MR) is 59.4 cm³/mol. The van der Waals surface area contributed by atoms with Crippen molar-refractivity contribution in [3.05, 3.63) is 35.4 Å². The summed E-state index contributed by atoms with van der Waals surface area (Å²) in [6.45, 7) is 0.646. The van der Waals surface area contributed by atoms with Gasteiger partial charge in [0.1, 0.15) is 11.6 Å². The van der Waals surface area contributed by atoms with Crippen LogP contribution in [0.3, 0.4) is 0 Å². The first-order chi connectivity index (χ1) is 7.13. The lowest BCUT2D eigenvalue weighted by molar-refractivity contribution is -0.120. The number of hydrogen-bond acceptors (Lipinski definition) is 2. The lowest BCUT2D eigenvalue weighted by Crippen LogP contribution is -2.30. The van der Waals surface area contributed by atoms with Gasteiger partial charge in [0, 0.05) is 18.7 Å². The number of amides is 1. The Morgan fingerprint density at radius 2 is 2.06 bits per heavy atom. The van der Waals surface area contributed by atoms with Gasteiger partial charge >= 0.3 is 0 Å². The van der Waals surface area contributed by atoms with Gasteiger partial charge in [-0.25, -0.2) is 8.78 Å². The molecule has 0 unspecified atom stereocenters. The number of carbonyl (C=O) groups is 1. The summed E-state index contributed by atoms with van der Waals surface area (Å²) in [4.78, 5) is 11.2. The van der Waals surface area contributed by atoms with E-state index in [-0.39, 0.29) is 30.3 Å². The molecule has 0 heterocycles. The van der Waals surface area contributed by atoms with E-state index < -0.39 is 11.6 Å². The van der Waals surface area contributed by atoms with Gasteiger partial charge in [0.25, 0.3) is 0 Å². The third kappa shape index (κ3) is 4.55. The van der Waals surface area contributed by atoms with Gasteiger partial charge in [-0.05, 0) is 18.2 Å². The van der Waals surface area contributed by atoms with E-state index in [0.29, 0.717) is 13.1 Å². The molecule has 0 spiro atoms. The number of rotatable bonds is 4. The van der Waals surface area contributed by atoms with Crippen LogP contribution >= 0.6 is 12.4 Å². The third-order valence-electron chi connectivity index (χ3n) is 1.83. The van der Waals surface area contributed by atoms with Crippen molar-refractivity contribution in [1.29, 1.82) is 0 Å². The number of carbonyl (C=O) groups excluding carboxylic acids is 1. The summed E-state index contributed by atoms with van der Waals surface area (Å²) in [6.07, 6.45) is -0.177. The molecular weight excluding hydrogens is 238 g/mol. The highest BCUT2D eigenvalue weighted by Crippen LogP contribution is 2.09. The SMILES string of the molecule is Cl.NCCNC(=O)Cc1cc(F)ccc1F. The van der Waals surface area contributed by atoms with Crippen molar-refractivity contribution in [3.8, 4) is 0 Å². The second-order valence-electron chi connectivity index (χ2n) is 3.05. The Morgan fingerprint density at radius 1 is 1.38 bits per heavy atom. The maximum absolute atomic E-state index is 13.1. The van der Waals surface area contributed by atoms with Crippen LogP contribution in [-0.2, 0) is 11.2 Å². The van der Waals surface area contributed by atoms with Crippen LogP contribution in [0.4, 0.5) is 8.78 Å². The molecule has 0 aliphatic heterocycles. The zero-order valence-corrected chi connectivity index (χ0v) is 9.32. The molecule has 6 heteroatoms. The van der Waals surface area contributed by atoms with Crippen LogP contribution in [0, 0.1) is 11.6 Å². The fraction of sp³-hybridized carbons (Fsp3) is 0.300. The van der Waals surface area contributed by atoms with Gasteiger partial charge < -0.3 is 11.1 Å². The largest absolute Gasteiger partial charge is 0.355 e. The van der Waals surface area contributed by atoms with E-state index in [0.717, 1.165) is 18.2 Å². The number of benzene rings is 1. The van der Waals surface area contributed by atoms with Gasteiger partial charge in [0.2, 0.25) is 5.91 Å². The highest BCUT2D eigenvalue weighted by Gasteiger charge is 2.08. The zero-order chi connectivity index (χ0) is 11.3. The van der Waals surface area contributed by atoms with E-state index in [2.05, 4.69) is 5.32 Å². The highest BCUT2D eigenvalue weighted by atomic mass is 35.5. The highest BCUT2D eigenvalue weighted by molar-refractivity contribution is 5.85. The van der Waals surface area contributed by atoms with Crippen LogP contribution in [0.25, 0.3) is 0 Å². The zero-order valence-electron chi connectivity index (χ0n) is 8.50. The van der Waals surface area contributed by atoms with Gasteiger partial charge in [-0.2, -0.15) is 0 Å². The van der Waals surface area contributed by atoms with Crippen molar-refractivity contribution in [2.45, 2.75) is 6.42 Å². The fourth-order valence-electron chi connectivity index (χ4n) is 1.13. The lowest BCUT2D eigenvalue weighted by Gasteiger charge is -2.04. The maximum atomic E-state index is 13.1. The summed E-state index contributed by atoms with van der Waals surface area (Å²) in [7, 11) is 0. The van der Waals surface area contributed by atoms with Gasteiger partial charge in [0.05, 0.1) is 6.42 Å². The smallest absolute Gasteiger partial charge is 0.224 e. The second kappa shape index (κ2) is 7.14. The molecule has 0 aliphatic carbocycles. The molecule has 0 saturated heterocycles.